The lowest BCUT2D eigenvalue weighted by Crippen LogP contribution is -2.58. The van der Waals surface area contributed by atoms with Gasteiger partial charge in [-0.05, 0) is 64.7 Å². The van der Waals surface area contributed by atoms with Gasteiger partial charge in [0.15, 0.2) is 0 Å². The molecule has 1 aliphatic carbocycles. The summed E-state index contributed by atoms with van der Waals surface area (Å²) in [5.41, 5.74) is 12.2. The Bertz CT molecular complexity index is 1170. The van der Waals surface area contributed by atoms with Crippen molar-refractivity contribution >= 4 is 40.6 Å². The van der Waals surface area contributed by atoms with Gasteiger partial charge in [0, 0.05) is 11.1 Å². The van der Waals surface area contributed by atoms with E-state index in [0.29, 0.717) is 16.6 Å². The fraction of sp³-hybridized carbons (Fsp3) is 0.478. The van der Waals surface area contributed by atoms with E-state index in [1.807, 2.05) is 17.0 Å². The molecule has 4 rings (SSSR count). The van der Waals surface area contributed by atoms with E-state index in [1.165, 1.54) is 11.7 Å². The lowest BCUT2D eigenvalue weighted by Gasteiger charge is -2.45. The van der Waals surface area contributed by atoms with Gasteiger partial charge in [-0.2, -0.15) is 4.99 Å². The van der Waals surface area contributed by atoms with E-state index in [-0.39, 0.29) is 17.6 Å². The molecule has 2 heterocycles. The number of aromatic nitrogens is 1. The fourth-order valence-electron chi connectivity index (χ4n) is 4.58. The first-order valence-electron chi connectivity index (χ1n) is 11.0. The van der Waals surface area contributed by atoms with Crippen LogP contribution in [0.25, 0.3) is 10.9 Å². The largest absolute Gasteiger partial charge is 0.464 e. The minimum Gasteiger partial charge on any atom is -0.464 e. The number of ether oxygens (including phenoxy) is 2. The smallest absolute Gasteiger partial charge is 0.419 e. The molecule has 1 spiro atoms. The van der Waals surface area contributed by atoms with Crippen molar-refractivity contribution in [3.8, 4) is 0 Å². The maximum absolute atomic E-state index is 13.1. The van der Waals surface area contributed by atoms with Gasteiger partial charge in [0.2, 0.25) is 11.9 Å². The van der Waals surface area contributed by atoms with Crippen LogP contribution in [0.1, 0.15) is 63.4 Å². The Morgan fingerprint density at radius 1 is 1.09 bits per heavy atom. The van der Waals surface area contributed by atoms with Gasteiger partial charge < -0.3 is 20.9 Å². The molecule has 1 aromatic carbocycles. The number of esters is 1. The molecular weight excluding hydrogens is 424 g/mol. The van der Waals surface area contributed by atoms with Crippen LogP contribution >= 0.6 is 0 Å². The number of nitrogens with zero attached hydrogens (tertiary/aromatic N) is 4. The molecule has 0 radical (unpaired) electrons. The van der Waals surface area contributed by atoms with Gasteiger partial charge in [-0.15, -0.1) is 0 Å². The summed E-state index contributed by atoms with van der Waals surface area (Å²) in [6.45, 7) is 5.29. The van der Waals surface area contributed by atoms with E-state index in [0.717, 1.165) is 32.1 Å². The molecule has 1 aliphatic heterocycles. The Kier molecular flexibility index (Phi) is 5.55. The van der Waals surface area contributed by atoms with Gasteiger partial charge in [0.05, 0.1) is 12.6 Å². The average molecular weight is 455 g/mol. The van der Waals surface area contributed by atoms with Crippen molar-refractivity contribution in [2.45, 2.75) is 64.1 Å². The highest BCUT2D eigenvalue weighted by Gasteiger charge is 2.42. The van der Waals surface area contributed by atoms with Crippen molar-refractivity contribution in [1.82, 2.24) is 4.57 Å². The summed E-state index contributed by atoms with van der Waals surface area (Å²) in [6.07, 6.45) is 3.98. The van der Waals surface area contributed by atoms with E-state index in [2.05, 4.69) is 4.99 Å². The molecule has 1 fully saturated rings. The second-order valence-corrected chi connectivity index (χ2v) is 9.40. The van der Waals surface area contributed by atoms with Gasteiger partial charge in [-0.25, -0.2) is 19.1 Å². The van der Waals surface area contributed by atoms with Crippen molar-refractivity contribution < 1.29 is 19.1 Å². The Morgan fingerprint density at radius 2 is 1.79 bits per heavy atom. The van der Waals surface area contributed by atoms with E-state index in [1.54, 1.807) is 32.9 Å². The van der Waals surface area contributed by atoms with Crippen molar-refractivity contribution in [2.75, 3.05) is 12.0 Å². The van der Waals surface area contributed by atoms with Gasteiger partial charge in [-0.1, -0.05) is 12.5 Å². The number of nitrogens with two attached hydrogens (primary N) is 2. The average Bonchev–Trinajstić information content (AvgIpc) is 3.11. The van der Waals surface area contributed by atoms with E-state index in [9.17, 15) is 9.59 Å². The second kappa shape index (κ2) is 8.09. The minimum absolute atomic E-state index is 0.0776. The number of rotatable bonds is 2. The highest BCUT2D eigenvalue weighted by molar-refractivity contribution is 6.07. The lowest BCUT2D eigenvalue weighted by atomic mass is 9.87. The number of anilines is 1. The molecule has 0 amide bonds. The molecule has 10 heteroatoms. The van der Waals surface area contributed by atoms with Gasteiger partial charge in [0.1, 0.15) is 17.0 Å². The summed E-state index contributed by atoms with van der Waals surface area (Å²) in [6, 6.07) is 7.10. The Labute approximate surface area is 192 Å². The zero-order valence-corrected chi connectivity index (χ0v) is 19.4. The summed E-state index contributed by atoms with van der Waals surface area (Å²) in [5, 5.41) is 0.679. The lowest BCUT2D eigenvalue weighted by molar-refractivity contribution is 0.0490. The van der Waals surface area contributed by atoms with Crippen LogP contribution in [0, 0.1) is 0 Å². The summed E-state index contributed by atoms with van der Waals surface area (Å²) < 4.78 is 11.7. The zero-order chi connectivity index (χ0) is 24.0. The number of benzene rings is 1. The number of carbonyl (C=O) groups is 2. The van der Waals surface area contributed by atoms with E-state index in [4.69, 9.17) is 25.9 Å². The van der Waals surface area contributed by atoms with Crippen LogP contribution < -0.4 is 16.4 Å². The molecule has 0 unspecified atom stereocenters. The van der Waals surface area contributed by atoms with Crippen LogP contribution in [0.15, 0.2) is 34.3 Å². The zero-order valence-electron chi connectivity index (χ0n) is 19.4. The third-order valence-corrected chi connectivity index (χ3v) is 5.87. The molecule has 0 bridgehead atoms. The van der Waals surface area contributed by atoms with Crippen molar-refractivity contribution in [3.05, 3.63) is 30.0 Å². The van der Waals surface area contributed by atoms with Crippen molar-refractivity contribution in [2.24, 2.45) is 21.5 Å². The van der Waals surface area contributed by atoms with Crippen LogP contribution in [0.3, 0.4) is 0 Å². The standard InChI is InChI=1S/C23H30N6O4/c1-22(2,3)33-21(31)28-16-13-15(9-8-14(16)12-17(28)18(30)32-4)29-20(25)26-19(24)27-23(29)10-6-5-7-11-23/h8-9,12-13H,5-7,10-11H2,1-4H3,(H4,24,25,26,27). The molecule has 10 nitrogen and oxygen atoms in total. The predicted octanol–water partition coefficient (Wildman–Crippen LogP) is 3.32. The number of hydrogen-bond donors (Lipinski definition) is 2. The molecule has 33 heavy (non-hydrogen) atoms. The quantitative estimate of drug-likeness (QED) is 0.664. The summed E-state index contributed by atoms with van der Waals surface area (Å²) >= 11 is 0. The molecule has 0 saturated heterocycles. The summed E-state index contributed by atoms with van der Waals surface area (Å²) in [5.74, 6) is -0.233. The predicted molar refractivity (Wildman–Crippen MR) is 126 cm³/mol. The molecule has 1 aromatic heterocycles. The minimum atomic E-state index is -0.749. The fourth-order valence-corrected chi connectivity index (χ4v) is 4.58. The molecule has 2 aliphatic rings. The molecule has 0 atom stereocenters. The second-order valence-electron chi connectivity index (χ2n) is 9.40. The SMILES string of the molecule is COC(=O)c1cc2ccc(N3C(N)=NC(N)=NC34CCCCC4)cc2n1C(=O)OC(C)(C)C. The van der Waals surface area contributed by atoms with E-state index < -0.39 is 23.3 Å². The Balaban J connectivity index is 1.88. The summed E-state index contributed by atoms with van der Waals surface area (Å²) in [4.78, 5) is 36.3. The van der Waals surface area contributed by atoms with E-state index >= 15 is 0 Å². The highest BCUT2D eigenvalue weighted by Crippen LogP contribution is 2.40. The molecular formula is C23H30N6O4. The number of hydrogen-bond acceptors (Lipinski definition) is 9. The van der Waals surface area contributed by atoms with Crippen molar-refractivity contribution in [3.63, 3.8) is 0 Å². The topological polar surface area (TPSA) is 138 Å². The number of carbonyl (C=O) groups excluding carboxylic acids is 2. The molecule has 4 N–H and O–H groups in total. The van der Waals surface area contributed by atoms with Crippen LogP contribution in [0.4, 0.5) is 10.5 Å². The van der Waals surface area contributed by atoms with Crippen LogP contribution in [0.5, 0.6) is 0 Å². The first kappa shape index (κ1) is 22.6. The number of fused-ring (bicyclic) bond motifs is 1. The first-order valence-corrected chi connectivity index (χ1v) is 11.0. The van der Waals surface area contributed by atoms with Crippen molar-refractivity contribution in [1.29, 1.82) is 0 Å². The van der Waals surface area contributed by atoms with Gasteiger partial charge >= 0.3 is 12.1 Å². The number of aliphatic imine (C=N–C) groups is 2. The Hall–Kier alpha value is -3.56. The third-order valence-electron chi connectivity index (χ3n) is 5.87. The maximum atomic E-state index is 13.1. The monoisotopic (exact) mass is 454 g/mol. The molecule has 1 saturated carbocycles. The Morgan fingerprint density at radius 3 is 2.42 bits per heavy atom. The third kappa shape index (κ3) is 4.12. The first-order chi connectivity index (χ1) is 15.5. The number of methoxy groups -OCH3 is 1. The van der Waals surface area contributed by atoms with Gasteiger partial charge in [0.25, 0.3) is 0 Å². The van der Waals surface area contributed by atoms with Crippen LogP contribution in [-0.4, -0.2) is 46.9 Å². The molecule has 2 aromatic rings. The highest BCUT2D eigenvalue weighted by atomic mass is 16.6. The van der Waals surface area contributed by atoms with Crippen LogP contribution in [-0.2, 0) is 9.47 Å². The van der Waals surface area contributed by atoms with Crippen LogP contribution in [0.2, 0.25) is 0 Å². The molecule has 176 valence electrons. The normalized spacial score (nSPS) is 18.1. The maximum Gasteiger partial charge on any atom is 0.419 e. The number of guanidine groups is 2. The van der Waals surface area contributed by atoms with Gasteiger partial charge in [-0.3, -0.25) is 4.90 Å². The summed E-state index contributed by atoms with van der Waals surface area (Å²) in [7, 11) is 1.27.